The maximum Gasteiger partial charge on any atom is 0.0734 e. The predicted molar refractivity (Wildman–Crippen MR) is 51.5 cm³/mol. The second kappa shape index (κ2) is 3.46. The molecule has 0 N–H and O–H groups in total. The third-order valence-corrected chi connectivity index (χ3v) is 2.70. The molecule has 0 fully saturated rings. The summed E-state index contributed by atoms with van der Waals surface area (Å²) in [6.07, 6.45) is 3.80. The molecule has 1 aromatic rings. The SMILES string of the molecule is CC(C)C1COCc2cnccc21. The van der Waals surface area contributed by atoms with E-state index in [-0.39, 0.29) is 0 Å². The molecular formula is C11H15NO. The van der Waals surface area contributed by atoms with Gasteiger partial charge in [0.05, 0.1) is 13.2 Å². The molecule has 1 aliphatic heterocycles. The highest BCUT2D eigenvalue weighted by molar-refractivity contribution is 5.28. The number of nitrogens with zero attached hydrogens (tertiary/aromatic N) is 1. The molecule has 1 unspecified atom stereocenters. The van der Waals surface area contributed by atoms with Crippen LogP contribution in [-0.4, -0.2) is 11.6 Å². The Morgan fingerprint density at radius 2 is 2.38 bits per heavy atom. The third-order valence-electron chi connectivity index (χ3n) is 2.70. The second-order valence-corrected chi connectivity index (χ2v) is 3.94. The van der Waals surface area contributed by atoms with Gasteiger partial charge in [-0.25, -0.2) is 0 Å². The fourth-order valence-corrected chi connectivity index (χ4v) is 1.86. The number of ether oxygens (including phenoxy) is 1. The van der Waals surface area contributed by atoms with E-state index in [1.807, 2.05) is 12.4 Å². The highest BCUT2D eigenvalue weighted by Gasteiger charge is 2.22. The lowest BCUT2D eigenvalue weighted by atomic mass is 9.86. The van der Waals surface area contributed by atoms with E-state index < -0.39 is 0 Å². The van der Waals surface area contributed by atoms with Crippen molar-refractivity contribution in [3.8, 4) is 0 Å². The normalized spacial score (nSPS) is 21.6. The molecule has 0 amide bonds. The van der Waals surface area contributed by atoms with Crippen LogP contribution in [0.15, 0.2) is 18.5 Å². The summed E-state index contributed by atoms with van der Waals surface area (Å²) in [6.45, 7) is 6.06. The molecule has 2 heteroatoms. The van der Waals surface area contributed by atoms with Crippen LogP contribution in [0.3, 0.4) is 0 Å². The van der Waals surface area contributed by atoms with Crippen LogP contribution >= 0.6 is 0 Å². The topological polar surface area (TPSA) is 22.1 Å². The summed E-state index contributed by atoms with van der Waals surface area (Å²) in [6, 6.07) is 2.13. The van der Waals surface area contributed by atoms with E-state index in [4.69, 9.17) is 4.74 Å². The number of hydrogen-bond donors (Lipinski definition) is 0. The highest BCUT2D eigenvalue weighted by atomic mass is 16.5. The van der Waals surface area contributed by atoms with Gasteiger partial charge in [0.2, 0.25) is 0 Å². The van der Waals surface area contributed by atoms with Gasteiger partial charge in [-0.2, -0.15) is 0 Å². The van der Waals surface area contributed by atoms with E-state index in [0.717, 1.165) is 13.2 Å². The zero-order valence-corrected chi connectivity index (χ0v) is 8.16. The molecule has 2 nitrogen and oxygen atoms in total. The summed E-state index contributed by atoms with van der Waals surface area (Å²) in [5.74, 6) is 1.19. The van der Waals surface area contributed by atoms with Crippen molar-refractivity contribution in [2.75, 3.05) is 6.61 Å². The lowest BCUT2D eigenvalue weighted by Crippen LogP contribution is -2.20. The molecule has 0 aromatic carbocycles. The van der Waals surface area contributed by atoms with Crippen LogP contribution < -0.4 is 0 Å². The largest absolute Gasteiger partial charge is 0.376 e. The summed E-state index contributed by atoms with van der Waals surface area (Å²) in [5, 5.41) is 0. The Labute approximate surface area is 78.9 Å². The molecule has 0 aliphatic carbocycles. The van der Waals surface area contributed by atoms with Crippen LogP contribution in [0, 0.1) is 5.92 Å². The van der Waals surface area contributed by atoms with Gasteiger partial charge >= 0.3 is 0 Å². The van der Waals surface area contributed by atoms with Crippen LogP contribution in [0.5, 0.6) is 0 Å². The van der Waals surface area contributed by atoms with Crippen LogP contribution in [-0.2, 0) is 11.3 Å². The van der Waals surface area contributed by atoms with Gasteiger partial charge in [-0.3, -0.25) is 4.98 Å². The van der Waals surface area contributed by atoms with E-state index in [2.05, 4.69) is 24.9 Å². The van der Waals surface area contributed by atoms with Crippen molar-refractivity contribution in [3.05, 3.63) is 29.6 Å². The molecule has 1 aliphatic rings. The highest BCUT2D eigenvalue weighted by Crippen LogP contribution is 2.31. The van der Waals surface area contributed by atoms with E-state index in [1.165, 1.54) is 11.1 Å². The van der Waals surface area contributed by atoms with Gasteiger partial charge in [-0.1, -0.05) is 13.8 Å². The van der Waals surface area contributed by atoms with Crippen molar-refractivity contribution < 1.29 is 4.74 Å². The van der Waals surface area contributed by atoms with Crippen molar-refractivity contribution in [1.82, 2.24) is 4.98 Å². The molecule has 0 spiro atoms. The average molecular weight is 177 g/mol. The fraction of sp³-hybridized carbons (Fsp3) is 0.545. The minimum atomic E-state index is 0.548. The quantitative estimate of drug-likeness (QED) is 0.657. The summed E-state index contributed by atoms with van der Waals surface area (Å²) >= 11 is 0. The number of pyridine rings is 1. The first-order chi connectivity index (χ1) is 6.29. The zero-order valence-electron chi connectivity index (χ0n) is 8.16. The lowest BCUT2D eigenvalue weighted by molar-refractivity contribution is 0.0789. The first kappa shape index (κ1) is 8.70. The maximum atomic E-state index is 5.53. The third kappa shape index (κ3) is 1.59. The Morgan fingerprint density at radius 3 is 3.15 bits per heavy atom. The van der Waals surface area contributed by atoms with Crippen molar-refractivity contribution in [1.29, 1.82) is 0 Å². The monoisotopic (exact) mass is 177 g/mol. The molecule has 2 heterocycles. The molecule has 0 bridgehead atoms. The van der Waals surface area contributed by atoms with E-state index in [1.54, 1.807) is 0 Å². The number of aromatic nitrogens is 1. The molecular weight excluding hydrogens is 162 g/mol. The Balaban J connectivity index is 2.37. The smallest absolute Gasteiger partial charge is 0.0734 e. The molecule has 2 rings (SSSR count). The summed E-state index contributed by atoms with van der Waals surface area (Å²) in [7, 11) is 0. The Bertz CT molecular complexity index is 296. The maximum absolute atomic E-state index is 5.53. The van der Waals surface area contributed by atoms with Crippen LogP contribution in [0.1, 0.15) is 30.9 Å². The van der Waals surface area contributed by atoms with Crippen molar-refractivity contribution in [2.45, 2.75) is 26.4 Å². The summed E-state index contributed by atoms with van der Waals surface area (Å²) < 4.78 is 5.53. The van der Waals surface area contributed by atoms with Crippen LogP contribution in [0.2, 0.25) is 0 Å². The fourth-order valence-electron chi connectivity index (χ4n) is 1.86. The van der Waals surface area contributed by atoms with Gasteiger partial charge in [0.25, 0.3) is 0 Å². The number of fused-ring (bicyclic) bond motifs is 1. The summed E-state index contributed by atoms with van der Waals surface area (Å²) in [5.41, 5.74) is 2.68. The molecule has 0 saturated heterocycles. The standard InChI is InChI=1S/C11H15NO/c1-8(2)11-7-13-6-9-5-12-4-3-10(9)11/h3-5,8,11H,6-7H2,1-2H3. The first-order valence-electron chi connectivity index (χ1n) is 4.79. The van der Waals surface area contributed by atoms with E-state index in [0.29, 0.717) is 11.8 Å². The number of rotatable bonds is 1. The Kier molecular flexibility index (Phi) is 2.32. The van der Waals surface area contributed by atoms with Crippen LogP contribution in [0.4, 0.5) is 0 Å². The Hall–Kier alpha value is -0.890. The minimum Gasteiger partial charge on any atom is -0.376 e. The molecule has 0 radical (unpaired) electrons. The second-order valence-electron chi connectivity index (χ2n) is 3.94. The summed E-state index contributed by atoms with van der Waals surface area (Å²) in [4.78, 5) is 4.11. The molecule has 1 aromatic heterocycles. The van der Waals surface area contributed by atoms with Crippen LogP contribution in [0.25, 0.3) is 0 Å². The first-order valence-corrected chi connectivity index (χ1v) is 4.79. The van der Waals surface area contributed by atoms with Gasteiger partial charge in [0.15, 0.2) is 0 Å². The van der Waals surface area contributed by atoms with Crippen molar-refractivity contribution in [3.63, 3.8) is 0 Å². The van der Waals surface area contributed by atoms with Crippen molar-refractivity contribution >= 4 is 0 Å². The Morgan fingerprint density at radius 1 is 1.54 bits per heavy atom. The molecule has 1 atom stereocenters. The van der Waals surface area contributed by atoms with E-state index in [9.17, 15) is 0 Å². The number of hydrogen-bond acceptors (Lipinski definition) is 2. The predicted octanol–water partition coefficient (Wildman–Crippen LogP) is 2.35. The average Bonchev–Trinajstić information content (AvgIpc) is 2.17. The van der Waals surface area contributed by atoms with Gasteiger partial charge in [-0.05, 0) is 23.1 Å². The molecule has 0 saturated carbocycles. The molecule has 13 heavy (non-hydrogen) atoms. The minimum absolute atomic E-state index is 0.548. The van der Waals surface area contributed by atoms with Gasteiger partial charge in [0.1, 0.15) is 0 Å². The van der Waals surface area contributed by atoms with Gasteiger partial charge < -0.3 is 4.74 Å². The van der Waals surface area contributed by atoms with Gasteiger partial charge in [0, 0.05) is 18.3 Å². The lowest BCUT2D eigenvalue weighted by Gasteiger charge is -2.28. The zero-order chi connectivity index (χ0) is 9.26. The van der Waals surface area contributed by atoms with E-state index >= 15 is 0 Å². The van der Waals surface area contributed by atoms with Crippen molar-refractivity contribution in [2.24, 2.45) is 5.92 Å². The molecule has 70 valence electrons. The van der Waals surface area contributed by atoms with Gasteiger partial charge in [-0.15, -0.1) is 0 Å².